The maximum atomic E-state index is 12.2. The first-order valence-corrected chi connectivity index (χ1v) is 6.88. The zero-order chi connectivity index (χ0) is 15.4. The molecule has 0 bridgehead atoms. The van der Waals surface area contributed by atoms with Gasteiger partial charge in [-0.25, -0.2) is 0 Å². The van der Waals surface area contributed by atoms with Gasteiger partial charge in [-0.2, -0.15) is 0 Å². The SMILES string of the molecule is CC1CC(CN)CN1C(=O)COc1ccccc1[N+](=O)[O-]. The van der Waals surface area contributed by atoms with E-state index in [0.29, 0.717) is 19.0 Å². The predicted octanol–water partition coefficient (Wildman–Crippen LogP) is 1.17. The van der Waals surface area contributed by atoms with Crippen molar-refractivity contribution in [3.05, 3.63) is 34.4 Å². The van der Waals surface area contributed by atoms with Crippen LogP contribution in [0.4, 0.5) is 5.69 Å². The Morgan fingerprint density at radius 1 is 1.52 bits per heavy atom. The molecule has 0 radical (unpaired) electrons. The third kappa shape index (κ3) is 3.49. The lowest BCUT2D eigenvalue weighted by atomic mass is 10.1. The van der Waals surface area contributed by atoms with Gasteiger partial charge in [-0.15, -0.1) is 0 Å². The number of amides is 1. The van der Waals surface area contributed by atoms with Crippen LogP contribution in [0.25, 0.3) is 0 Å². The molecule has 1 aliphatic heterocycles. The van der Waals surface area contributed by atoms with Crippen LogP contribution in [-0.4, -0.2) is 41.5 Å². The highest BCUT2D eigenvalue weighted by Gasteiger charge is 2.31. The van der Waals surface area contributed by atoms with Crippen molar-refractivity contribution in [2.24, 2.45) is 11.7 Å². The number of nitrogens with two attached hydrogens (primary N) is 1. The number of nitro groups is 1. The Morgan fingerprint density at radius 3 is 2.86 bits per heavy atom. The second kappa shape index (κ2) is 6.53. The molecule has 1 amide bonds. The van der Waals surface area contributed by atoms with Crippen LogP contribution < -0.4 is 10.5 Å². The van der Waals surface area contributed by atoms with Crippen LogP contribution in [0.1, 0.15) is 13.3 Å². The van der Waals surface area contributed by atoms with E-state index in [1.54, 1.807) is 17.0 Å². The second-order valence-corrected chi connectivity index (χ2v) is 5.25. The van der Waals surface area contributed by atoms with E-state index in [1.165, 1.54) is 12.1 Å². The Hall–Kier alpha value is -2.15. The van der Waals surface area contributed by atoms with Gasteiger partial charge in [0.05, 0.1) is 4.92 Å². The van der Waals surface area contributed by atoms with E-state index in [1.807, 2.05) is 6.92 Å². The number of carbonyl (C=O) groups is 1. The highest BCUT2D eigenvalue weighted by molar-refractivity contribution is 5.78. The van der Waals surface area contributed by atoms with E-state index in [0.717, 1.165) is 6.42 Å². The van der Waals surface area contributed by atoms with Crippen LogP contribution in [-0.2, 0) is 4.79 Å². The fourth-order valence-electron chi connectivity index (χ4n) is 2.61. The summed E-state index contributed by atoms with van der Waals surface area (Å²) < 4.78 is 5.33. The van der Waals surface area contributed by atoms with Gasteiger partial charge in [0.25, 0.3) is 5.91 Å². The number of rotatable bonds is 5. The molecule has 0 aromatic heterocycles. The van der Waals surface area contributed by atoms with Crippen molar-refractivity contribution in [1.29, 1.82) is 0 Å². The zero-order valence-corrected chi connectivity index (χ0v) is 11.9. The van der Waals surface area contributed by atoms with Gasteiger partial charge in [0.2, 0.25) is 0 Å². The van der Waals surface area contributed by atoms with Crippen molar-refractivity contribution in [3.63, 3.8) is 0 Å². The van der Waals surface area contributed by atoms with Crippen molar-refractivity contribution >= 4 is 11.6 Å². The first-order valence-electron chi connectivity index (χ1n) is 6.88. The third-order valence-electron chi connectivity index (χ3n) is 3.73. The first-order chi connectivity index (χ1) is 10.0. The topological polar surface area (TPSA) is 98.7 Å². The number of nitrogens with zero attached hydrogens (tertiary/aromatic N) is 2. The molecule has 7 heteroatoms. The molecule has 2 atom stereocenters. The first kappa shape index (κ1) is 15.2. The highest BCUT2D eigenvalue weighted by Crippen LogP contribution is 2.26. The minimum absolute atomic E-state index is 0.109. The fourth-order valence-corrected chi connectivity index (χ4v) is 2.61. The van der Waals surface area contributed by atoms with Crippen LogP contribution in [0.5, 0.6) is 5.75 Å². The van der Waals surface area contributed by atoms with Crippen LogP contribution in [0, 0.1) is 16.0 Å². The standard InChI is InChI=1S/C14H19N3O4/c1-10-6-11(7-15)8-16(10)14(18)9-21-13-5-3-2-4-12(13)17(19)20/h2-5,10-11H,6-9,15H2,1H3. The number of nitro benzene ring substituents is 1. The highest BCUT2D eigenvalue weighted by atomic mass is 16.6. The monoisotopic (exact) mass is 293 g/mol. The van der Waals surface area contributed by atoms with E-state index in [-0.39, 0.29) is 30.0 Å². The van der Waals surface area contributed by atoms with Crippen LogP contribution in [0.2, 0.25) is 0 Å². The summed E-state index contributed by atoms with van der Waals surface area (Å²) in [5.41, 5.74) is 5.49. The molecule has 0 aliphatic carbocycles. The van der Waals surface area contributed by atoms with E-state index in [2.05, 4.69) is 0 Å². The number of benzene rings is 1. The molecule has 1 saturated heterocycles. The summed E-state index contributed by atoms with van der Waals surface area (Å²) in [5, 5.41) is 10.9. The summed E-state index contributed by atoms with van der Waals surface area (Å²) in [6, 6.07) is 6.15. The van der Waals surface area contributed by atoms with Crippen molar-refractivity contribution in [2.45, 2.75) is 19.4 Å². The normalized spacial score (nSPS) is 21.3. The molecule has 1 aromatic rings. The number of ether oxygens (including phenoxy) is 1. The Morgan fingerprint density at radius 2 is 2.24 bits per heavy atom. The summed E-state index contributed by atoms with van der Waals surface area (Å²) in [6.07, 6.45) is 0.883. The number of hydrogen-bond donors (Lipinski definition) is 1. The Balaban J connectivity index is 1.97. The van der Waals surface area contributed by atoms with Crippen molar-refractivity contribution in [3.8, 4) is 5.75 Å². The maximum Gasteiger partial charge on any atom is 0.310 e. The second-order valence-electron chi connectivity index (χ2n) is 5.25. The van der Waals surface area contributed by atoms with Crippen LogP contribution >= 0.6 is 0 Å². The lowest BCUT2D eigenvalue weighted by molar-refractivity contribution is -0.385. The Bertz CT molecular complexity index is 535. The van der Waals surface area contributed by atoms with Crippen molar-refractivity contribution in [1.82, 2.24) is 4.90 Å². The van der Waals surface area contributed by atoms with Gasteiger partial charge in [0.15, 0.2) is 12.4 Å². The van der Waals surface area contributed by atoms with Gasteiger partial charge in [0.1, 0.15) is 0 Å². The molecule has 0 saturated carbocycles. The van der Waals surface area contributed by atoms with Crippen molar-refractivity contribution < 1.29 is 14.5 Å². The molecule has 1 heterocycles. The summed E-state index contributed by atoms with van der Waals surface area (Å²) in [4.78, 5) is 24.2. The summed E-state index contributed by atoms with van der Waals surface area (Å²) >= 11 is 0. The molecule has 2 unspecified atom stereocenters. The molecule has 2 N–H and O–H groups in total. The van der Waals surface area contributed by atoms with Gasteiger partial charge in [0, 0.05) is 18.7 Å². The van der Waals surface area contributed by atoms with Gasteiger partial charge in [-0.1, -0.05) is 12.1 Å². The largest absolute Gasteiger partial charge is 0.477 e. The smallest absolute Gasteiger partial charge is 0.310 e. The Kier molecular flexibility index (Phi) is 4.74. The maximum absolute atomic E-state index is 12.2. The summed E-state index contributed by atoms with van der Waals surface area (Å²) in [6.45, 7) is 2.95. The van der Waals surface area contributed by atoms with Gasteiger partial charge in [-0.3, -0.25) is 14.9 Å². The fraction of sp³-hybridized carbons (Fsp3) is 0.500. The molecule has 114 valence electrons. The summed E-state index contributed by atoms with van der Waals surface area (Å²) in [7, 11) is 0. The quantitative estimate of drug-likeness (QED) is 0.649. The van der Waals surface area contributed by atoms with E-state index >= 15 is 0 Å². The third-order valence-corrected chi connectivity index (χ3v) is 3.73. The molecule has 2 rings (SSSR count). The van der Waals surface area contributed by atoms with E-state index in [9.17, 15) is 14.9 Å². The van der Waals surface area contributed by atoms with E-state index < -0.39 is 4.92 Å². The average molecular weight is 293 g/mol. The minimum Gasteiger partial charge on any atom is -0.477 e. The molecule has 0 spiro atoms. The number of para-hydroxylation sites is 2. The lowest BCUT2D eigenvalue weighted by Gasteiger charge is -2.21. The number of likely N-dealkylation sites (tertiary alicyclic amines) is 1. The minimum atomic E-state index is -0.525. The van der Waals surface area contributed by atoms with Gasteiger partial charge in [-0.05, 0) is 31.9 Å². The number of hydrogen-bond acceptors (Lipinski definition) is 5. The molecule has 21 heavy (non-hydrogen) atoms. The molecular formula is C14H19N3O4. The molecule has 1 fully saturated rings. The predicted molar refractivity (Wildman–Crippen MR) is 76.9 cm³/mol. The zero-order valence-electron chi connectivity index (χ0n) is 11.9. The number of carbonyl (C=O) groups excluding carboxylic acids is 1. The summed E-state index contributed by atoms with van der Waals surface area (Å²) in [5.74, 6) is 0.254. The molecule has 7 nitrogen and oxygen atoms in total. The van der Waals surface area contributed by atoms with Crippen LogP contribution in [0.15, 0.2) is 24.3 Å². The molecule has 1 aromatic carbocycles. The average Bonchev–Trinajstić information content (AvgIpc) is 2.86. The molecule has 1 aliphatic rings. The Labute approximate surface area is 122 Å². The lowest BCUT2D eigenvalue weighted by Crippen LogP contribution is -2.37. The van der Waals surface area contributed by atoms with E-state index in [4.69, 9.17) is 10.5 Å². The van der Waals surface area contributed by atoms with Gasteiger partial charge < -0.3 is 15.4 Å². The van der Waals surface area contributed by atoms with Crippen molar-refractivity contribution in [2.75, 3.05) is 19.7 Å². The van der Waals surface area contributed by atoms with Crippen LogP contribution in [0.3, 0.4) is 0 Å². The van der Waals surface area contributed by atoms with Gasteiger partial charge >= 0.3 is 5.69 Å². The molecular weight excluding hydrogens is 274 g/mol.